The van der Waals surface area contributed by atoms with E-state index in [0.717, 1.165) is 18.4 Å². The minimum absolute atomic E-state index is 0.0964. The maximum Gasteiger partial charge on any atom is 0.410 e. The topological polar surface area (TPSA) is 41.6 Å². The van der Waals surface area contributed by atoms with Crippen molar-refractivity contribution in [3.8, 4) is 0 Å². The number of likely N-dealkylation sites (tertiary alicyclic amines) is 1. The molecule has 0 spiro atoms. The molecule has 138 valence electrons. The second-order valence-electron chi connectivity index (χ2n) is 8.44. The normalized spacial score (nSPS) is 26.7. The lowest BCUT2D eigenvalue weighted by Crippen LogP contribution is -2.45. The molecule has 1 aromatic carbocycles. The Morgan fingerprint density at radius 1 is 1.32 bits per heavy atom. The maximum absolute atomic E-state index is 15.8. The van der Waals surface area contributed by atoms with E-state index in [1.807, 2.05) is 51.1 Å². The van der Waals surface area contributed by atoms with Crippen molar-refractivity contribution in [2.45, 2.75) is 57.3 Å². The van der Waals surface area contributed by atoms with Gasteiger partial charge in [0.15, 0.2) is 0 Å². The number of alkyl halides is 1. The second-order valence-corrected chi connectivity index (χ2v) is 8.44. The Labute approximate surface area is 149 Å². The molecule has 2 atom stereocenters. The van der Waals surface area contributed by atoms with Crippen molar-refractivity contribution in [1.82, 2.24) is 10.2 Å². The first-order valence-electron chi connectivity index (χ1n) is 9.19. The number of benzene rings is 1. The molecule has 1 aromatic rings. The smallest absolute Gasteiger partial charge is 0.410 e. The molecule has 1 saturated carbocycles. The van der Waals surface area contributed by atoms with Gasteiger partial charge in [-0.3, -0.25) is 0 Å². The van der Waals surface area contributed by atoms with E-state index in [1.165, 1.54) is 4.90 Å². The summed E-state index contributed by atoms with van der Waals surface area (Å²) in [5.41, 5.74) is -0.887. The van der Waals surface area contributed by atoms with Gasteiger partial charge in [-0.05, 0) is 45.6 Å². The molecule has 1 N–H and O–H groups in total. The third-order valence-electron chi connectivity index (χ3n) is 4.86. The number of hydrogen-bond acceptors (Lipinski definition) is 3. The van der Waals surface area contributed by atoms with Gasteiger partial charge in [0.25, 0.3) is 0 Å². The number of rotatable bonds is 5. The zero-order chi connectivity index (χ0) is 18.1. The molecular formula is C20H29FN2O2. The molecule has 0 unspecified atom stereocenters. The molecule has 2 aliphatic rings. The highest BCUT2D eigenvalue weighted by atomic mass is 19.1. The van der Waals surface area contributed by atoms with E-state index in [2.05, 4.69) is 5.32 Å². The van der Waals surface area contributed by atoms with Crippen LogP contribution in [0.4, 0.5) is 9.18 Å². The van der Waals surface area contributed by atoms with Crippen LogP contribution < -0.4 is 5.32 Å². The highest BCUT2D eigenvalue weighted by molar-refractivity contribution is 5.68. The standard InChI is InChI=1S/C20H29FN2O2/c1-19(2,3)25-18(24)23-12-16(11-15-7-5-4-6-8-15)20(21,14-23)13-22-17-9-10-17/h4-8,16-17,22H,9-14H2,1-3H3/t16-,20+/m1/s1. The highest BCUT2D eigenvalue weighted by Gasteiger charge is 2.49. The van der Waals surface area contributed by atoms with Crippen LogP contribution in [-0.4, -0.2) is 47.9 Å². The highest BCUT2D eigenvalue weighted by Crippen LogP contribution is 2.35. The van der Waals surface area contributed by atoms with Gasteiger partial charge in [0.2, 0.25) is 0 Å². The molecule has 1 amide bonds. The first kappa shape index (κ1) is 18.2. The van der Waals surface area contributed by atoms with E-state index >= 15 is 4.39 Å². The Morgan fingerprint density at radius 2 is 2.00 bits per heavy atom. The van der Waals surface area contributed by atoms with Gasteiger partial charge >= 0.3 is 6.09 Å². The minimum atomic E-state index is -1.42. The van der Waals surface area contributed by atoms with E-state index < -0.39 is 17.4 Å². The van der Waals surface area contributed by atoms with E-state index in [1.54, 1.807) is 0 Å². The summed E-state index contributed by atoms with van der Waals surface area (Å²) < 4.78 is 21.2. The number of amides is 1. The van der Waals surface area contributed by atoms with Gasteiger partial charge in [-0.1, -0.05) is 30.3 Å². The Morgan fingerprint density at radius 3 is 2.60 bits per heavy atom. The first-order chi connectivity index (χ1) is 11.8. The Bertz CT molecular complexity index is 597. The molecule has 4 nitrogen and oxygen atoms in total. The Hall–Kier alpha value is -1.62. The minimum Gasteiger partial charge on any atom is -0.444 e. The second kappa shape index (κ2) is 6.94. The first-order valence-corrected chi connectivity index (χ1v) is 9.19. The van der Waals surface area contributed by atoms with Crippen LogP contribution in [-0.2, 0) is 11.2 Å². The summed E-state index contributed by atoms with van der Waals surface area (Å²) >= 11 is 0. The van der Waals surface area contributed by atoms with Crippen molar-refractivity contribution in [2.24, 2.45) is 5.92 Å². The van der Waals surface area contributed by atoms with Crippen molar-refractivity contribution < 1.29 is 13.9 Å². The van der Waals surface area contributed by atoms with E-state index in [-0.39, 0.29) is 12.5 Å². The number of carbonyl (C=O) groups is 1. The lowest BCUT2D eigenvalue weighted by Gasteiger charge is -2.27. The number of nitrogens with zero attached hydrogens (tertiary/aromatic N) is 1. The van der Waals surface area contributed by atoms with Crippen molar-refractivity contribution in [3.63, 3.8) is 0 Å². The maximum atomic E-state index is 15.8. The average Bonchev–Trinajstić information content (AvgIpc) is 3.30. The van der Waals surface area contributed by atoms with Gasteiger partial charge in [0.05, 0.1) is 6.54 Å². The average molecular weight is 348 g/mol. The summed E-state index contributed by atoms with van der Waals surface area (Å²) in [6.45, 7) is 6.29. The van der Waals surface area contributed by atoms with Crippen molar-refractivity contribution in [3.05, 3.63) is 35.9 Å². The molecule has 1 aliphatic heterocycles. The fourth-order valence-electron chi connectivity index (χ4n) is 3.35. The fourth-order valence-corrected chi connectivity index (χ4v) is 3.35. The zero-order valence-corrected chi connectivity index (χ0v) is 15.4. The van der Waals surface area contributed by atoms with Crippen LogP contribution in [0.5, 0.6) is 0 Å². The third-order valence-corrected chi connectivity index (χ3v) is 4.86. The largest absolute Gasteiger partial charge is 0.444 e. The number of hydrogen-bond donors (Lipinski definition) is 1. The zero-order valence-electron chi connectivity index (χ0n) is 15.4. The Balaban J connectivity index is 1.70. The van der Waals surface area contributed by atoms with E-state index in [9.17, 15) is 4.79 Å². The van der Waals surface area contributed by atoms with Crippen LogP contribution >= 0.6 is 0 Å². The van der Waals surface area contributed by atoms with Gasteiger partial charge in [0.1, 0.15) is 11.3 Å². The van der Waals surface area contributed by atoms with Crippen LogP contribution in [0.2, 0.25) is 0 Å². The predicted octanol–water partition coefficient (Wildman–Crippen LogP) is 3.56. The van der Waals surface area contributed by atoms with Gasteiger partial charge < -0.3 is 15.0 Å². The van der Waals surface area contributed by atoms with Gasteiger partial charge in [-0.15, -0.1) is 0 Å². The summed E-state index contributed by atoms with van der Waals surface area (Å²) in [5.74, 6) is -0.228. The Kier molecular flexibility index (Phi) is 5.05. The summed E-state index contributed by atoms with van der Waals surface area (Å²) in [6.07, 6.45) is 2.45. The van der Waals surface area contributed by atoms with E-state index in [0.29, 0.717) is 25.6 Å². The van der Waals surface area contributed by atoms with Crippen LogP contribution in [0.25, 0.3) is 0 Å². The van der Waals surface area contributed by atoms with Gasteiger partial charge in [0, 0.05) is 25.0 Å². The molecule has 3 rings (SSSR count). The van der Waals surface area contributed by atoms with E-state index in [4.69, 9.17) is 4.74 Å². The monoisotopic (exact) mass is 348 g/mol. The fraction of sp³-hybridized carbons (Fsp3) is 0.650. The number of halogens is 1. The quantitative estimate of drug-likeness (QED) is 0.885. The molecular weight excluding hydrogens is 319 g/mol. The molecule has 25 heavy (non-hydrogen) atoms. The molecule has 0 bridgehead atoms. The molecule has 2 fully saturated rings. The van der Waals surface area contributed by atoms with Crippen LogP contribution in [0, 0.1) is 5.92 Å². The summed E-state index contributed by atoms with van der Waals surface area (Å²) in [5, 5.41) is 3.31. The molecule has 1 heterocycles. The van der Waals surface area contributed by atoms with Crippen molar-refractivity contribution in [1.29, 1.82) is 0 Å². The number of carbonyl (C=O) groups excluding carboxylic acids is 1. The number of nitrogens with one attached hydrogen (secondary N) is 1. The van der Waals surface area contributed by atoms with Crippen LogP contribution in [0.15, 0.2) is 30.3 Å². The molecule has 1 saturated heterocycles. The molecule has 1 aliphatic carbocycles. The van der Waals surface area contributed by atoms with Gasteiger partial charge in [-0.25, -0.2) is 9.18 Å². The van der Waals surface area contributed by atoms with Crippen molar-refractivity contribution in [2.75, 3.05) is 19.6 Å². The van der Waals surface area contributed by atoms with Crippen LogP contribution in [0.1, 0.15) is 39.2 Å². The van der Waals surface area contributed by atoms with Crippen molar-refractivity contribution >= 4 is 6.09 Å². The SMILES string of the molecule is CC(C)(C)OC(=O)N1C[C@@H](Cc2ccccc2)[C@](F)(CNC2CC2)C1. The van der Waals surface area contributed by atoms with Crippen LogP contribution in [0.3, 0.4) is 0 Å². The number of ether oxygens (including phenoxy) is 1. The third kappa shape index (κ3) is 4.94. The predicted molar refractivity (Wildman–Crippen MR) is 96.3 cm³/mol. The summed E-state index contributed by atoms with van der Waals surface area (Å²) in [7, 11) is 0. The summed E-state index contributed by atoms with van der Waals surface area (Å²) in [4.78, 5) is 13.9. The summed E-state index contributed by atoms with van der Waals surface area (Å²) in [6, 6.07) is 10.4. The molecule has 0 radical (unpaired) electrons. The lowest BCUT2D eigenvalue weighted by atomic mass is 9.87. The molecule has 0 aromatic heterocycles. The van der Waals surface area contributed by atoms with Gasteiger partial charge in [-0.2, -0.15) is 0 Å². The lowest BCUT2D eigenvalue weighted by molar-refractivity contribution is 0.0258. The molecule has 5 heteroatoms.